The molecule has 5 heteroatoms. The summed E-state index contributed by atoms with van der Waals surface area (Å²) in [5.41, 5.74) is 12.0. The number of aryl methyl sites for hydroxylation is 4. The highest BCUT2D eigenvalue weighted by Gasteiger charge is 2.19. The lowest BCUT2D eigenvalue weighted by atomic mass is 10.0. The van der Waals surface area contributed by atoms with E-state index >= 15 is 0 Å². The van der Waals surface area contributed by atoms with Crippen LogP contribution in [0.15, 0.2) is 36.4 Å². The van der Waals surface area contributed by atoms with Crippen LogP contribution in [0, 0.1) is 27.7 Å². The van der Waals surface area contributed by atoms with Crippen molar-refractivity contribution in [2.24, 2.45) is 0 Å². The van der Waals surface area contributed by atoms with Gasteiger partial charge in [-0.15, -0.1) is 0 Å². The van der Waals surface area contributed by atoms with Crippen molar-refractivity contribution in [3.63, 3.8) is 0 Å². The van der Waals surface area contributed by atoms with Gasteiger partial charge in [0.2, 0.25) is 5.78 Å². The van der Waals surface area contributed by atoms with E-state index in [2.05, 4.69) is 23.3 Å². The van der Waals surface area contributed by atoms with E-state index in [0.717, 1.165) is 22.4 Å². The highest BCUT2D eigenvalue weighted by atomic mass is 32.1. The largest absolute Gasteiger partial charge is 0.382 e. The zero-order valence-electron chi connectivity index (χ0n) is 14.8. The van der Waals surface area contributed by atoms with Crippen molar-refractivity contribution in [3.8, 4) is 0 Å². The predicted molar refractivity (Wildman–Crippen MR) is 105 cm³/mol. The summed E-state index contributed by atoms with van der Waals surface area (Å²) < 4.78 is 0. The maximum absolute atomic E-state index is 12.8. The first-order valence-corrected chi connectivity index (χ1v) is 8.89. The average molecular weight is 351 g/mol. The minimum absolute atomic E-state index is 0.0822. The van der Waals surface area contributed by atoms with Crippen LogP contribution in [0.2, 0.25) is 0 Å². The van der Waals surface area contributed by atoms with Crippen LogP contribution >= 0.6 is 11.3 Å². The Hall–Kier alpha value is -2.66. The second-order valence-corrected chi connectivity index (χ2v) is 7.32. The Balaban J connectivity index is 1.90. The van der Waals surface area contributed by atoms with Gasteiger partial charge in [0.15, 0.2) is 5.13 Å². The van der Waals surface area contributed by atoms with E-state index < -0.39 is 0 Å². The molecule has 0 aliphatic heterocycles. The van der Waals surface area contributed by atoms with Crippen molar-refractivity contribution < 1.29 is 4.79 Å². The third-order valence-corrected chi connectivity index (χ3v) is 5.10. The van der Waals surface area contributed by atoms with Crippen molar-refractivity contribution in [2.45, 2.75) is 27.7 Å². The molecule has 0 spiro atoms. The summed E-state index contributed by atoms with van der Waals surface area (Å²) in [6.45, 7) is 8.04. The number of hydrogen-bond acceptors (Lipinski definition) is 5. The van der Waals surface area contributed by atoms with Crippen molar-refractivity contribution in [2.75, 3.05) is 11.1 Å². The Kier molecular flexibility index (Phi) is 4.59. The maximum Gasteiger partial charge on any atom is 0.207 e. The Labute approximate surface area is 151 Å². The Bertz CT molecular complexity index is 960. The number of nitrogens with zero attached hydrogens (tertiary/aromatic N) is 1. The first-order valence-electron chi connectivity index (χ1n) is 8.07. The quantitative estimate of drug-likeness (QED) is 0.654. The van der Waals surface area contributed by atoms with Gasteiger partial charge in [0, 0.05) is 11.3 Å². The molecule has 4 nitrogen and oxygen atoms in total. The van der Waals surface area contributed by atoms with Gasteiger partial charge in [0.05, 0.1) is 0 Å². The number of hydrogen-bond donors (Lipinski definition) is 2. The summed E-state index contributed by atoms with van der Waals surface area (Å²) in [7, 11) is 0. The molecule has 128 valence electrons. The van der Waals surface area contributed by atoms with Gasteiger partial charge in [-0.2, -0.15) is 0 Å². The Morgan fingerprint density at radius 1 is 1.00 bits per heavy atom. The molecule has 3 aromatic rings. The third kappa shape index (κ3) is 3.56. The molecule has 2 aromatic carbocycles. The van der Waals surface area contributed by atoms with E-state index in [9.17, 15) is 4.79 Å². The molecule has 0 aliphatic carbocycles. The number of nitrogens with one attached hydrogen (secondary N) is 1. The summed E-state index contributed by atoms with van der Waals surface area (Å²) in [4.78, 5) is 17.6. The van der Waals surface area contributed by atoms with Gasteiger partial charge in [-0.25, -0.2) is 4.98 Å². The smallest absolute Gasteiger partial charge is 0.207 e. The van der Waals surface area contributed by atoms with E-state index in [1.807, 2.05) is 51.1 Å². The number of nitrogen functional groups attached to an aromatic ring is 1. The fraction of sp³-hybridized carbons (Fsp3) is 0.200. The average Bonchev–Trinajstić information content (AvgIpc) is 2.90. The molecule has 0 radical (unpaired) electrons. The molecule has 1 heterocycles. The number of thiazole rings is 1. The van der Waals surface area contributed by atoms with Crippen LogP contribution in [-0.2, 0) is 0 Å². The van der Waals surface area contributed by atoms with Crippen LogP contribution < -0.4 is 11.1 Å². The van der Waals surface area contributed by atoms with E-state index in [4.69, 9.17) is 5.73 Å². The van der Waals surface area contributed by atoms with Crippen LogP contribution in [0.5, 0.6) is 0 Å². The molecule has 0 aliphatic rings. The van der Waals surface area contributed by atoms with E-state index in [0.29, 0.717) is 15.6 Å². The van der Waals surface area contributed by atoms with Crippen molar-refractivity contribution in [1.82, 2.24) is 4.98 Å². The first-order chi connectivity index (χ1) is 11.8. The fourth-order valence-corrected chi connectivity index (χ4v) is 3.66. The molecular weight excluding hydrogens is 330 g/mol. The van der Waals surface area contributed by atoms with E-state index in [1.54, 1.807) is 0 Å². The molecule has 0 fully saturated rings. The lowest BCUT2D eigenvalue weighted by molar-refractivity contribution is 0.104. The Morgan fingerprint density at radius 3 is 2.28 bits per heavy atom. The summed E-state index contributed by atoms with van der Waals surface area (Å²) in [6, 6.07) is 11.9. The molecule has 0 bridgehead atoms. The third-order valence-electron chi connectivity index (χ3n) is 4.11. The molecular formula is C20H21N3OS. The summed E-state index contributed by atoms with van der Waals surface area (Å²) in [5.74, 6) is 0.184. The van der Waals surface area contributed by atoms with Gasteiger partial charge in [0.1, 0.15) is 10.7 Å². The number of anilines is 3. The standard InChI is InChI=1S/C20H21N3OS/c1-11-5-7-15(13(3)9-11)17(24)18-19(21)23-20(25-18)22-16-8-6-12(2)10-14(16)4/h5-10H,21H2,1-4H3,(H,22,23). The number of rotatable bonds is 4. The number of nitrogens with two attached hydrogens (primary N) is 1. The number of carbonyl (C=O) groups is 1. The number of aromatic nitrogens is 1. The van der Waals surface area contributed by atoms with Gasteiger partial charge in [-0.3, -0.25) is 4.79 Å². The molecule has 0 amide bonds. The van der Waals surface area contributed by atoms with Gasteiger partial charge in [-0.05, 0) is 44.9 Å². The van der Waals surface area contributed by atoms with Crippen LogP contribution in [0.1, 0.15) is 37.5 Å². The molecule has 0 saturated heterocycles. The van der Waals surface area contributed by atoms with Crippen LogP contribution in [0.4, 0.5) is 16.6 Å². The number of carbonyl (C=O) groups excluding carboxylic acids is 1. The van der Waals surface area contributed by atoms with Crippen LogP contribution in [0.25, 0.3) is 0 Å². The summed E-state index contributed by atoms with van der Waals surface area (Å²) in [6.07, 6.45) is 0. The number of ketones is 1. The van der Waals surface area contributed by atoms with Crippen molar-refractivity contribution in [1.29, 1.82) is 0 Å². The minimum Gasteiger partial charge on any atom is -0.382 e. The van der Waals surface area contributed by atoms with Gasteiger partial charge < -0.3 is 11.1 Å². The maximum atomic E-state index is 12.8. The van der Waals surface area contributed by atoms with E-state index in [1.165, 1.54) is 16.9 Å². The zero-order chi connectivity index (χ0) is 18.1. The highest BCUT2D eigenvalue weighted by Crippen LogP contribution is 2.31. The van der Waals surface area contributed by atoms with Gasteiger partial charge in [-0.1, -0.05) is 52.8 Å². The lowest BCUT2D eigenvalue weighted by Gasteiger charge is -2.07. The molecule has 3 rings (SSSR count). The molecule has 0 saturated carbocycles. The Morgan fingerprint density at radius 2 is 1.64 bits per heavy atom. The topological polar surface area (TPSA) is 68.0 Å². The molecule has 0 unspecified atom stereocenters. The fourth-order valence-electron chi connectivity index (χ4n) is 2.81. The zero-order valence-corrected chi connectivity index (χ0v) is 15.6. The summed E-state index contributed by atoms with van der Waals surface area (Å²) >= 11 is 1.29. The molecule has 3 N–H and O–H groups in total. The van der Waals surface area contributed by atoms with E-state index in [-0.39, 0.29) is 11.6 Å². The number of benzene rings is 2. The van der Waals surface area contributed by atoms with Crippen molar-refractivity contribution >= 4 is 33.8 Å². The second-order valence-electron chi connectivity index (χ2n) is 6.32. The lowest BCUT2D eigenvalue weighted by Crippen LogP contribution is -2.04. The van der Waals surface area contributed by atoms with Gasteiger partial charge in [0.25, 0.3) is 0 Å². The molecule has 0 atom stereocenters. The summed E-state index contributed by atoms with van der Waals surface area (Å²) in [5, 5.41) is 3.89. The van der Waals surface area contributed by atoms with Crippen LogP contribution in [-0.4, -0.2) is 10.8 Å². The normalized spacial score (nSPS) is 10.7. The van der Waals surface area contributed by atoms with Crippen molar-refractivity contribution in [3.05, 3.63) is 69.1 Å². The SMILES string of the molecule is Cc1ccc(Nc2nc(N)c(C(=O)c3ccc(C)cc3C)s2)c(C)c1. The molecule has 1 aromatic heterocycles. The monoisotopic (exact) mass is 351 g/mol. The van der Waals surface area contributed by atoms with Crippen LogP contribution in [0.3, 0.4) is 0 Å². The minimum atomic E-state index is -0.0822. The van der Waals surface area contributed by atoms with Gasteiger partial charge >= 0.3 is 0 Å². The first kappa shape index (κ1) is 17.2. The predicted octanol–water partition coefficient (Wildman–Crippen LogP) is 4.93. The second kappa shape index (κ2) is 6.69. The highest BCUT2D eigenvalue weighted by molar-refractivity contribution is 7.18. The molecule has 25 heavy (non-hydrogen) atoms.